The minimum Gasteiger partial charge on any atom is -0.394 e. The number of nitrogen functional groups attached to an aromatic ring is 1. The zero-order valence-electron chi connectivity index (χ0n) is 5.54. The molecule has 1 heterocycles. The van der Waals surface area contributed by atoms with Crippen LogP contribution in [0.3, 0.4) is 0 Å². The molecular formula is C6H11N3O. The summed E-state index contributed by atoms with van der Waals surface area (Å²) in [6.45, 7) is -0.0695. The molecule has 1 atom stereocenters. The highest BCUT2D eigenvalue weighted by molar-refractivity contribution is 5.32. The molecule has 1 rings (SSSR count). The van der Waals surface area contributed by atoms with Crippen molar-refractivity contribution in [2.45, 2.75) is 6.04 Å². The number of H-pyrrole nitrogens is 1. The van der Waals surface area contributed by atoms with Gasteiger partial charge in [0, 0.05) is 5.69 Å². The fourth-order valence-electron chi connectivity index (χ4n) is 0.744. The molecule has 0 radical (unpaired) electrons. The molecule has 0 saturated heterocycles. The molecule has 1 aromatic rings. The fraction of sp³-hybridized carbons (Fsp3) is 0.333. The number of anilines is 1. The summed E-state index contributed by atoms with van der Waals surface area (Å²) >= 11 is 0. The van der Waals surface area contributed by atoms with Crippen molar-refractivity contribution >= 4 is 5.82 Å². The lowest BCUT2D eigenvalue weighted by molar-refractivity contribution is 0.266. The predicted molar refractivity (Wildman–Crippen MR) is 39.2 cm³/mol. The average molecular weight is 141 g/mol. The molecule has 6 N–H and O–H groups in total. The number of aromatic amines is 1. The third-order valence-electron chi connectivity index (χ3n) is 1.33. The molecule has 0 fully saturated rings. The molecule has 4 heteroatoms. The van der Waals surface area contributed by atoms with Gasteiger partial charge in [0.25, 0.3) is 0 Å². The summed E-state index contributed by atoms with van der Waals surface area (Å²) in [7, 11) is 0. The van der Waals surface area contributed by atoms with E-state index in [1.807, 2.05) is 0 Å². The summed E-state index contributed by atoms with van der Waals surface area (Å²) in [6, 6.07) is 3.12. The van der Waals surface area contributed by atoms with Crippen molar-refractivity contribution in [2.75, 3.05) is 12.3 Å². The van der Waals surface area contributed by atoms with E-state index in [2.05, 4.69) is 4.98 Å². The highest BCUT2D eigenvalue weighted by Gasteiger charge is 2.04. The molecule has 0 unspecified atom stereocenters. The molecule has 0 aliphatic heterocycles. The van der Waals surface area contributed by atoms with Gasteiger partial charge in [-0.2, -0.15) is 0 Å². The van der Waals surface area contributed by atoms with Gasteiger partial charge in [0.2, 0.25) is 0 Å². The normalized spacial score (nSPS) is 13.4. The zero-order chi connectivity index (χ0) is 7.56. The molecule has 0 aliphatic carbocycles. The van der Waals surface area contributed by atoms with Crippen LogP contribution in [0.1, 0.15) is 11.7 Å². The molecule has 1 aromatic heterocycles. The lowest BCUT2D eigenvalue weighted by Crippen LogP contribution is -2.14. The van der Waals surface area contributed by atoms with Crippen molar-refractivity contribution in [2.24, 2.45) is 5.73 Å². The number of hydrogen-bond acceptors (Lipinski definition) is 3. The summed E-state index contributed by atoms with van der Waals surface area (Å²) in [5.41, 5.74) is 11.6. The summed E-state index contributed by atoms with van der Waals surface area (Å²) in [5, 5.41) is 8.61. The topological polar surface area (TPSA) is 88.1 Å². The van der Waals surface area contributed by atoms with Crippen molar-refractivity contribution in [1.82, 2.24) is 4.98 Å². The largest absolute Gasteiger partial charge is 0.394 e. The van der Waals surface area contributed by atoms with Crippen LogP contribution in [0, 0.1) is 0 Å². The monoisotopic (exact) mass is 141 g/mol. The Bertz CT molecular complexity index is 209. The Morgan fingerprint density at radius 2 is 2.30 bits per heavy atom. The van der Waals surface area contributed by atoms with Gasteiger partial charge in [-0.05, 0) is 12.1 Å². The van der Waals surface area contributed by atoms with Gasteiger partial charge in [0.05, 0.1) is 12.6 Å². The van der Waals surface area contributed by atoms with E-state index >= 15 is 0 Å². The number of rotatable bonds is 2. The van der Waals surface area contributed by atoms with Gasteiger partial charge in [-0.1, -0.05) is 0 Å². The molecule has 0 amide bonds. The molecule has 0 aliphatic rings. The second-order valence-electron chi connectivity index (χ2n) is 2.16. The standard InChI is InChI=1S/C6H11N3O/c7-4(3-10)5-1-2-6(8)9-5/h1-2,4,9-10H,3,7-8H2/t4-/m1/s1. The van der Waals surface area contributed by atoms with Crippen LogP contribution in [-0.4, -0.2) is 16.7 Å². The minimum absolute atomic E-state index is 0.0695. The van der Waals surface area contributed by atoms with E-state index in [0.29, 0.717) is 5.82 Å². The number of nitrogens with two attached hydrogens (primary N) is 2. The van der Waals surface area contributed by atoms with E-state index in [4.69, 9.17) is 16.6 Å². The molecule has 10 heavy (non-hydrogen) atoms. The van der Waals surface area contributed by atoms with Crippen molar-refractivity contribution < 1.29 is 5.11 Å². The number of aliphatic hydroxyl groups excluding tert-OH is 1. The highest BCUT2D eigenvalue weighted by atomic mass is 16.3. The van der Waals surface area contributed by atoms with Gasteiger partial charge in [-0.25, -0.2) is 0 Å². The fourth-order valence-corrected chi connectivity index (χ4v) is 0.744. The minimum atomic E-state index is -0.350. The Labute approximate surface area is 58.8 Å². The van der Waals surface area contributed by atoms with E-state index in [-0.39, 0.29) is 12.6 Å². The van der Waals surface area contributed by atoms with E-state index in [1.54, 1.807) is 12.1 Å². The highest BCUT2D eigenvalue weighted by Crippen LogP contribution is 2.09. The third-order valence-corrected chi connectivity index (χ3v) is 1.33. The molecule has 56 valence electrons. The smallest absolute Gasteiger partial charge is 0.100 e. The second kappa shape index (κ2) is 2.72. The van der Waals surface area contributed by atoms with Crippen LogP contribution in [-0.2, 0) is 0 Å². The number of hydrogen-bond donors (Lipinski definition) is 4. The van der Waals surface area contributed by atoms with Gasteiger partial charge < -0.3 is 21.6 Å². The lowest BCUT2D eigenvalue weighted by Gasteiger charge is -2.03. The molecule has 4 nitrogen and oxygen atoms in total. The SMILES string of the molecule is Nc1ccc([C@H](N)CO)[nH]1. The molecule has 0 saturated carbocycles. The van der Waals surface area contributed by atoms with Crippen molar-refractivity contribution in [3.63, 3.8) is 0 Å². The number of nitrogens with one attached hydrogen (secondary N) is 1. The quantitative estimate of drug-likeness (QED) is 0.451. The maximum Gasteiger partial charge on any atom is 0.100 e. The van der Waals surface area contributed by atoms with Gasteiger partial charge in [-0.3, -0.25) is 0 Å². The molecule has 0 aromatic carbocycles. The molecule has 0 spiro atoms. The molecule has 0 bridgehead atoms. The van der Waals surface area contributed by atoms with Gasteiger partial charge in [0.15, 0.2) is 0 Å². The average Bonchev–Trinajstić information content (AvgIpc) is 2.34. The Balaban J connectivity index is 2.74. The van der Waals surface area contributed by atoms with Crippen LogP contribution >= 0.6 is 0 Å². The third kappa shape index (κ3) is 1.29. The second-order valence-corrected chi connectivity index (χ2v) is 2.16. The summed E-state index contributed by atoms with van der Waals surface area (Å²) in [6.07, 6.45) is 0. The summed E-state index contributed by atoms with van der Waals surface area (Å²) in [4.78, 5) is 2.82. The van der Waals surface area contributed by atoms with Crippen LogP contribution < -0.4 is 11.5 Å². The first-order valence-corrected chi connectivity index (χ1v) is 3.05. The van der Waals surface area contributed by atoms with Crippen LogP contribution in [0.2, 0.25) is 0 Å². The first kappa shape index (κ1) is 7.11. The van der Waals surface area contributed by atoms with E-state index in [9.17, 15) is 0 Å². The van der Waals surface area contributed by atoms with Crippen molar-refractivity contribution in [3.05, 3.63) is 17.8 Å². The Kier molecular flexibility index (Phi) is 1.94. The number of aromatic nitrogens is 1. The Morgan fingerprint density at radius 3 is 2.70 bits per heavy atom. The lowest BCUT2D eigenvalue weighted by atomic mass is 10.2. The van der Waals surface area contributed by atoms with E-state index < -0.39 is 0 Å². The van der Waals surface area contributed by atoms with Crippen LogP contribution in [0.5, 0.6) is 0 Å². The predicted octanol–water partition coefficient (Wildman–Crippen LogP) is -0.411. The Morgan fingerprint density at radius 1 is 1.60 bits per heavy atom. The van der Waals surface area contributed by atoms with E-state index in [0.717, 1.165) is 5.69 Å². The maximum absolute atomic E-state index is 8.61. The Hall–Kier alpha value is -1.00. The number of aliphatic hydroxyl groups is 1. The van der Waals surface area contributed by atoms with Crippen molar-refractivity contribution in [3.8, 4) is 0 Å². The van der Waals surface area contributed by atoms with Crippen LogP contribution in [0.25, 0.3) is 0 Å². The van der Waals surface area contributed by atoms with Gasteiger partial charge in [-0.15, -0.1) is 0 Å². The maximum atomic E-state index is 8.61. The first-order valence-electron chi connectivity index (χ1n) is 3.05. The first-order chi connectivity index (χ1) is 4.74. The van der Waals surface area contributed by atoms with Gasteiger partial charge >= 0.3 is 0 Å². The zero-order valence-corrected chi connectivity index (χ0v) is 5.54. The van der Waals surface area contributed by atoms with Crippen LogP contribution in [0.15, 0.2) is 12.1 Å². The summed E-state index contributed by atoms with van der Waals surface area (Å²) in [5.74, 6) is 0.568. The van der Waals surface area contributed by atoms with Crippen molar-refractivity contribution in [1.29, 1.82) is 0 Å². The van der Waals surface area contributed by atoms with Gasteiger partial charge in [0.1, 0.15) is 5.82 Å². The summed E-state index contributed by atoms with van der Waals surface area (Å²) < 4.78 is 0. The van der Waals surface area contributed by atoms with E-state index in [1.165, 1.54) is 0 Å². The molecular weight excluding hydrogens is 130 g/mol. The van der Waals surface area contributed by atoms with Crippen LogP contribution in [0.4, 0.5) is 5.82 Å².